The van der Waals surface area contributed by atoms with Crippen molar-refractivity contribution in [2.24, 2.45) is 0 Å². The number of nitrogens with zero attached hydrogens (tertiary/aromatic N) is 2. The van der Waals surface area contributed by atoms with Crippen LogP contribution in [-0.4, -0.2) is 23.8 Å². The fraction of sp³-hybridized carbons (Fsp3) is 0.208. The average Bonchev–Trinajstić information content (AvgIpc) is 2.99. The zero-order valence-corrected chi connectivity index (χ0v) is 17.9. The van der Waals surface area contributed by atoms with Crippen LogP contribution >= 0.6 is 12.4 Å². The second kappa shape index (κ2) is 8.58. The van der Waals surface area contributed by atoms with Crippen molar-refractivity contribution in [2.75, 3.05) is 14.2 Å². The maximum atomic E-state index is 5.40. The van der Waals surface area contributed by atoms with E-state index in [0.717, 1.165) is 34.8 Å². The minimum atomic E-state index is 0. The maximum Gasteiger partial charge on any atom is 0.119 e. The number of benzene rings is 2. The van der Waals surface area contributed by atoms with Crippen molar-refractivity contribution in [1.82, 2.24) is 9.55 Å². The lowest BCUT2D eigenvalue weighted by atomic mass is 10.1. The first-order valence-corrected chi connectivity index (χ1v) is 9.34. The van der Waals surface area contributed by atoms with Crippen molar-refractivity contribution in [3.05, 3.63) is 77.6 Å². The summed E-state index contributed by atoms with van der Waals surface area (Å²) in [6.45, 7) is 5.12. The molecule has 0 radical (unpaired) electrons. The van der Waals surface area contributed by atoms with Crippen LogP contribution in [0.5, 0.6) is 11.5 Å². The van der Waals surface area contributed by atoms with Crippen molar-refractivity contribution in [3.63, 3.8) is 0 Å². The van der Waals surface area contributed by atoms with Gasteiger partial charge < -0.3 is 14.0 Å². The number of hydrogen-bond acceptors (Lipinski definition) is 3. The van der Waals surface area contributed by atoms with Crippen LogP contribution in [0.3, 0.4) is 0 Å². The summed E-state index contributed by atoms with van der Waals surface area (Å²) in [4.78, 5) is 4.74. The van der Waals surface area contributed by atoms with Gasteiger partial charge in [-0.15, -0.1) is 12.4 Å². The molecule has 4 nitrogen and oxygen atoms in total. The van der Waals surface area contributed by atoms with E-state index in [2.05, 4.69) is 48.7 Å². The molecule has 2 aromatic heterocycles. The molecule has 0 bridgehead atoms. The average molecular weight is 409 g/mol. The Hall–Kier alpha value is -2.98. The van der Waals surface area contributed by atoms with E-state index in [9.17, 15) is 0 Å². The number of fused-ring (bicyclic) bond motifs is 1. The molecule has 2 heterocycles. The van der Waals surface area contributed by atoms with Gasteiger partial charge in [0, 0.05) is 29.4 Å². The SMILES string of the molecule is COc1ccc(-c2nccc3c(C)c(C)n(Cc4cccc(OC)c4)c23)cc1.Cl. The highest BCUT2D eigenvalue weighted by Gasteiger charge is 2.17. The first-order chi connectivity index (χ1) is 13.6. The summed E-state index contributed by atoms with van der Waals surface area (Å²) in [6, 6.07) is 18.4. The number of hydrogen-bond donors (Lipinski definition) is 0. The molecule has 0 aliphatic rings. The zero-order chi connectivity index (χ0) is 19.7. The number of aromatic nitrogens is 2. The second-order valence-electron chi connectivity index (χ2n) is 6.93. The third kappa shape index (κ3) is 3.81. The monoisotopic (exact) mass is 408 g/mol. The maximum absolute atomic E-state index is 5.40. The first-order valence-electron chi connectivity index (χ1n) is 9.34. The molecule has 0 saturated carbocycles. The molecule has 0 unspecified atom stereocenters. The molecule has 0 aliphatic carbocycles. The highest BCUT2D eigenvalue weighted by molar-refractivity contribution is 5.95. The van der Waals surface area contributed by atoms with Crippen LogP contribution in [0.25, 0.3) is 22.2 Å². The molecule has 4 aromatic rings. The van der Waals surface area contributed by atoms with Gasteiger partial charge >= 0.3 is 0 Å². The quantitative estimate of drug-likeness (QED) is 0.418. The van der Waals surface area contributed by atoms with Crippen LogP contribution in [0.1, 0.15) is 16.8 Å². The number of halogens is 1. The molecule has 0 aliphatic heterocycles. The number of rotatable bonds is 5. The Kier molecular flexibility index (Phi) is 6.14. The molecule has 150 valence electrons. The van der Waals surface area contributed by atoms with Gasteiger partial charge in [-0.2, -0.15) is 0 Å². The number of aryl methyl sites for hydroxylation is 1. The van der Waals surface area contributed by atoms with Crippen molar-refractivity contribution in [1.29, 1.82) is 0 Å². The molecule has 5 heteroatoms. The Morgan fingerprint density at radius 3 is 2.31 bits per heavy atom. The van der Waals surface area contributed by atoms with E-state index in [1.807, 2.05) is 30.5 Å². The second-order valence-corrected chi connectivity index (χ2v) is 6.93. The van der Waals surface area contributed by atoms with E-state index in [1.54, 1.807) is 14.2 Å². The minimum Gasteiger partial charge on any atom is -0.497 e. The molecule has 0 spiro atoms. The van der Waals surface area contributed by atoms with E-state index in [-0.39, 0.29) is 12.4 Å². The van der Waals surface area contributed by atoms with Crippen molar-refractivity contribution in [2.45, 2.75) is 20.4 Å². The molecule has 4 rings (SSSR count). The Labute approximate surface area is 177 Å². The molecule has 0 N–H and O–H groups in total. The molecule has 0 saturated heterocycles. The fourth-order valence-electron chi connectivity index (χ4n) is 3.71. The normalized spacial score (nSPS) is 10.6. The summed E-state index contributed by atoms with van der Waals surface area (Å²) in [5.74, 6) is 1.71. The first kappa shape index (κ1) is 20.7. The summed E-state index contributed by atoms with van der Waals surface area (Å²) in [6.07, 6.45) is 1.89. The Bertz CT molecular complexity index is 1130. The topological polar surface area (TPSA) is 36.3 Å². The Morgan fingerprint density at radius 2 is 1.62 bits per heavy atom. The van der Waals surface area contributed by atoms with Crippen LogP contribution < -0.4 is 9.47 Å². The van der Waals surface area contributed by atoms with E-state index in [0.29, 0.717) is 0 Å². The highest BCUT2D eigenvalue weighted by atomic mass is 35.5. The van der Waals surface area contributed by atoms with Crippen molar-refractivity contribution in [3.8, 4) is 22.8 Å². The summed E-state index contributed by atoms with van der Waals surface area (Å²) in [5.41, 5.74) is 6.96. The smallest absolute Gasteiger partial charge is 0.119 e. The number of pyridine rings is 1. The molecule has 0 fully saturated rings. The van der Waals surface area contributed by atoms with Crippen LogP contribution in [0.2, 0.25) is 0 Å². The van der Waals surface area contributed by atoms with E-state index >= 15 is 0 Å². The van der Waals surface area contributed by atoms with Gasteiger partial charge in [-0.05, 0) is 67.4 Å². The lowest BCUT2D eigenvalue weighted by Gasteiger charge is -2.13. The van der Waals surface area contributed by atoms with Gasteiger partial charge in [0.15, 0.2) is 0 Å². The lowest BCUT2D eigenvalue weighted by Crippen LogP contribution is -2.03. The summed E-state index contributed by atoms with van der Waals surface area (Å²) in [7, 11) is 3.38. The summed E-state index contributed by atoms with van der Waals surface area (Å²) < 4.78 is 13.1. The predicted molar refractivity (Wildman–Crippen MR) is 121 cm³/mol. The van der Waals surface area contributed by atoms with Crippen LogP contribution in [-0.2, 0) is 6.54 Å². The Balaban J connectivity index is 0.00000240. The fourth-order valence-corrected chi connectivity index (χ4v) is 3.71. The molecule has 2 aromatic carbocycles. The van der Waals surface area contributed by atoms with Crippen LogP contribution in [0.4, 0.5) is 0 Å². The van der Waals surface area contributed by atoms with Gasteiger partial charge in [0.05, 0.1) is 25.4 Å². The van der Waals surface area contributed by atoms with Crippen molar-refractivity contribution < 1.29 is 9.47 Å². The zero-order valence-electron chi connectivity index (χ0n) is 17.1. The van der Waals surface area contributed by atoms with E-state index in [4.69, 9.17) is 14.5 Å². The van der Waals surface area contributed by atoms with Gasteiger partial charge in [0.2, 0.25) is 0 Å². The van der Waals surface area contributed by atoms with Gasteiger partial charge in [-0.3, -0.25) is 4.98 Å². The predicted octanol–water partition coefficient (Wildman–Crippen LogP) is 5.81. The van der Waals surface area contributed by atoms with Gasteiger partial charge in [0.1, 0.15) is 11.5 Å². The van der Waals surface area contributed by atoms with Gasteiger partial charge in [-0.1, -0.05) is 12.1 Å². The summed E-state index contributed by atoms with van der Waals surface area (Å²) in [5, 5.41) is 1.24. The molecule has 0 amide bonds. The van der Waals surface area contributed by atoms with Crippen molar-refractivity contribution >= 4 is 23.3 Å². The van der Waals surface area contributed by atoms with Crippen LogP contribution in [0.15, 0.2) is 60.8 Å². The standard InChI is InChI=1S/C24H24N2O2.ClH/c1-16-17(2)26(15-18-6-5-7-21(14-18)28-4)24-22(16)12-13-25-23(24)19-8-10-20(27-3)11-9-19;/h5-14H,15H2,1-4H3;1H. The molecular formula is C24H25ClN2O2. The molecular weight excluding hydrogens is 384 g/mol. The highest BCUT2D eigenvalue weighted by Crippen LogP contribution is 2.33. The van der Waals surface area contributed by atoms with E-state index in [1.165, 1.54) is 22.2 Å². The van der Waals surface area contributed by atoms with E-state index < -0.39 is 0 Å². The molecule has 0 atom stereocenters. The summed E-state index contributed by atoms with van der Waals surface area (Å²) >= 11 is 0. The Morgan fingerprint density at radius 1 is 0.897 bits per heavy atom. The number of ether oxygens (including phenoxy) is 2. The molecule has 29 heavy (non-hydrogen) atoms. The van der Waals surface area contributed by atoms with Crippen LogP contribution in [0, 0.1) is 13.8 Å². The van der Waals surface area contributed by atoms with Gasteiger partial charge in [-0.25, -0.2) is 0 Å². The third-order valence-electron chi connectivity index (χ3n) is 5.38. The largest absolute Gasteiger partial charge is 0.497 e. The van der Waals surface area contributed by atoms with Gasteiger partial charge in [0.25, 0.3) is 0 Å². The third-order valence-corrected chi connectivity index (χ3v) is 5.38. The lowest BCUT2D eigenvalue weighted by molar-refractivity contribution is 0.414. The minimum absolute atomic E-state index is 0. The number of methoxy groups -OCH3 is 2.